The Kier molecular flexibility index (Phi) is 5.93. The van der Waals surface area contributed by atoms with Gasteiger partial charge in [0, 0.05) is 30.0 Å². The second kappa shape index (κ2) is 8.81. The Hall–Kier alpha value is -3.69. The first-order valence-electron chi connectivity index (χ1n) is 9.93. The molecule has 0 radical (unpaired) electrons. The van der Waals surface area contributed by atoms with Crippen molar-refractivity contribution >= 4 is 23.2 Å². The maximum Gasteiger partial charge on any atom is 0.419 e. The Morgan fingerprint density at radius 3 is 2.16 bits per heavy atom. The highest BCUT2D eigenvalue weighted by Crippen LogP contribution is 2.33. The molecule has 2 amide bonds. The molecule has 0 saturated carbocycles. The number of anilines is 3. The van der Waals surface area contributed by atoms with Gasteiger partial charge in [0.05, 0.1) is 11.3 Å². The molecule has 4 rings (SSSR count). The van der Waals surface area contributed by atoms with Crippen LogP contribution in [0.3, 0.4) is 0 Å². The summed E-state index contributed by atoms with van der Waals surface area (Å²) in [7, 11) is 0. The zero-order valence-corrected chi connectivity index (χ0v) is 16.8. The summed E-state index contributed by atoms with van der Waals surface area (Å²) in [5, 5.41) is 13.3. The number of urea groups is 1. The van der Waals surface area contributed by atoms with Crippen molar-refractivity contribution in [2.75, 3.05) is 28.6 Å². The predicted molar refractivity (Wildman–Crippen MR) is 113 cm³/mol. The number of benzene rings is 2. The summed E-state index contributed by atoms with van der Waals surface area (Å²) >= 11 is 0. The molecule has 0 bridgehead atoms. The highest BCUT2D eigenvalue weighted by atomic mass is 19.4. The molecule has 0 unspecified atom stereocenters. The van der Waals surface area contributed by atoms with Crippen molar-refractivity contribution < 1.29 is 22.4 Å². The number of carbonyl (C=O) groups excluding carboxylic acids is 1. The first-order valence-corrected chi connectivity index (χ1v) is 9.93. The van der Waals surface area contributed by atoms with Gasteiger partial charge >= 0.3 is 12.2 Å². The van der Waals surface area contributed by atoms with Crippen molar-refractivity contribution in [3.05, 3.63) is 66.0 Å². The van der Waals surface area contributed by atoms with Crippen LogP contribution in [0.4, 0.5) is 39.5 Å². The van der Waals surface area contributed by atoms with Crippen LogP contribution in [-0.2, 0) is 6.18 Å². The number of carbonyl (C=O) groups is 1. The van der Waals surface area contributed by atoms with E-state index in [1.165, 1.54) is 0 Å². The first-order chi connectivity index (χ1) is 15.3. The monoisotopic (exact) mass is 445 g/mol. The van der Waals surface area contributed by atoms with Gasteiger partial charge in [-0.05, 0) is 55.3 Å². The van der Waals surface area contributed by atoms with Gasteiger partial charge in [-0.1, -0.05) is 12.1 Å². The van der Waals surface area contributed by atoms with Gasteiger partial charge in [0.2, 0.25) is 0 Å². The van der Waals surface area contributed by atoms with Crippen LogP contribution >= 0.6 is 0 Å². The number of halogens is 4. The van der Waals surface area contributed by atoms with Gasteiger partial charge in [-0.15, -0.1) is 10.2 Å². The number of alkyl halides is 3. The van der Waals surface area contributed by atoms with Crippen LogP contribution in [0.25, 0.3) is 11.3 Å². The van der Waals surface area contributed by atoms with E-state index in [0.29, 0.717) is 23.5 Å². The van der Waals surface area contributed by atoms with Crippen molar-refractivity contribution in [2.24, 2.45) is 0 Å². The summed E-state index contributed by atoms with van der Waals surface area (Å²) in [5.41, 5.74) is 0.267. The Morgan fingerprint density at radius 2 is 1.53 bits per heavy atom. The molecule has 166 valence electrons. The van der Waals surface area contributed by atoms with Crippen LogP contribution in [0.1, 0.15) is 18.4 Å². The summed E-state index contributed by atoms with van der Waals surface area (Å²) in [6.45, 7) is 1.96. The number of hydrogen-bond acceptors (Lipinski definition) is 4. The van der Waals surface area contributed by atoms with E-state index in [1.807, 2.05) is 12.1 Å². The number of aromatic nitrogens is 2. The topological polar surface area (TPSA) is 70.2 Å². The fourth-order valence-corrected chi connectivity index (χ4v) is 3.43. The number of hydrogen-bond donors (Lipinski definition) is 2. The van der Waals surface area contributed by atoms with Crippen LogP contribution in [0.2, 0.25) is 0 Å². The lowest BCUT2D eigenvalue weighted by molar-refractivity contribution is -0.139. The third kappa shape index (κ3) is 4.96. The molecule has 3 aromatic rings. The lowest BCUT2D eigenvalue weighted by atomic mass is 10.1. The van der Waals surface area contributed by atoms with Crippen molar-refractivity contribution in [2.45, 2.75) is 19.0 Å². The number of rotatable bonds is 4. The van der Waals surface area contributed by atoms with Gasteiger partial charge < -0.3 is 15.5 Å². The van der Waals surface area contributed by atoms with E-state index in [0.717, 1.165) is 43.4 Å². The van der Waals surface area contributed by atoms with E-state index in [1.54, 1.807) is 24.3 Å². The zero-order valence-electron chi connectivity index (χ0n) is 16.8. The third-order valence-corrected chi connectivity index (χ3v) is 5.05. The van der Waals surface area contributed by atoms with Crippen LogP contribution in [0.15, 0.2) is 54.6 Å². The molecule has 1 aliphatic rings. The van der Waals surface area contributed by atoms with Crippen LogP contribution in [-0.4, -0.2) is 29.3 Å². The smallest absolute Gasteiger partial charge is 0.355 e. The summed E-state index contributed by atoms with van der Waals surface area (Å²) in [5.74, 6) is -0.564. The molecule has 1 saturated heterocycles. The summed E-state index contributed by atoms with van der Waals surface area (Å²) in [4.78, 5) is 14.3. The maximum atomic E-state index is 13.4. The number of amides is 2. The van der Waals surface area contributed by atoms with E-state index in [4.69, 9.17) is 0 Å². The first kappa shape index (κ1) is 21.5. The standard InChI is InChI=1S/C22H19F4N5O/c23-18-8-7-16(13-17(18)22(24,25)26)28-21(32)27-15-5-3-14(4-6-15)19-9-10-20(30-29-19)31-11-1-2-12-31/h3-10,13H,1-2,11-12H2,(H2,27,28,32). The second-order valence-corrected chi connectivity index (χ2v) is 7.32. The van der Waals surface area contributed by atoms with Crippen molar-refractivity contribution in [3.8, 4) is 11.3 Å². The lowest BCUT2D eigenvalue weighted by Crippen LogP contribution is -2.20. The van der Waals surface area contributed by atoms with Gasteiger partial charge in [-0.25, -0.2) is 9.18 Å². The Labute approximate surface area is 181 Å². The number of nitrogens with zero attached hydrogens (tertiary/aromatic N) is 3. The largest absolute Gasteiger partial charge is 0.419 e. The van der Waals surface area contributed by atoms with Gasteiger partial charge in [0.1, 0.15) is 5.82 Å². The van der Waals surface area contributed by atoms with E-state index in [-0.39, 0.29) is 5.69 Å². The quantitative estimate of drug-likeness (QED) is 0.517. The minimum Gasteiger partial charge on any atom is -0.355 e. The van der Waals surface area contributed by atoms with E-state index in [9.17, 15) is 22.4 Å². The molecule has 1 aliphatic heterocycles. The molecule has 0 spiro atoms. The Bertz CT molecular complexity index is 1090. The Balaban J connectivity index is 1.39. The molecule has 1 aromatic heterocycles. The second-order valence-electron chi connectivity index (χ2n) is 7.32. The molecule has 2 N–H and O–H groups in total. The fourth-order valence-electron chi connectivity index (χ4n) is 3.43. The molecule has 1 fully saturated rings. The molecule has 6 nitrogen and oxygen atoms in total. The summed E-state index contributed by atoms with van der Waals surface area (Å²) in [6.07, 6.45) is -2.56. The van der Waals surface area contributed by atoms with E-state index < -0.39 is 23.6 Å². The van der Waals surface area contributed by atoms with Gasteiger partial charge in [0.15, 0.2) is 5.82 Å². The average Bonchev–Trinajstić information content (AvgIpc) is 3.30. The molecule has 32 heavy (non-hydrogen) atoms. The SMILES string of the molecule is O=C(Nc1ccc(-c2ccc(N3CCCC3)nn2)cc1)Nc1ccc(F)c(C(F)(F)F)c1. The molecule has 0 atom stereocenters. The van der Waals surface area contributed by atoms with Gasteiger partial charge in [-0.3, -0.25) is 0 Å². The molecule has 2 aromatic carbocycles. The minimum absolute atomic E-state index is 0.179. The van der Waals surface area contributed by atoms with Crippen LogP contribution in [0.5, 0.6) is 0 Å². The third-order valence-electron chi connectivity index (χ3n) is 5.05. The van der Waals surface area contributed by atoms with E-state index in [2.05, 4.69) is 25.7 Å². The summed E-state index contributed by atoms with van der Waals surface area (Å²) in [6, 6.07) is 12.1. The fraction of sp³-hybridized carbons (Fsp3) is 0.227. The van der Waals surface area contributed by atoms with Crippen LogP contribution in [0, 0.1) is 5.82 Å². The van der Waals surface area contributed by atoms with Crippen molar-refractivity contribution in [1.82, 2.24) is 10.2 Å². The Morgan fingerprint density at radius 1 is 0.875 bits per heavy atom. The predicted octanol–water partition coefficient (Wildman–Crippen LogP) is 5.55. The molecule has 10 heteroatoms. The normalized spacial score (nSPS) is 13.8. The lowest BCUT2D eigenvalue weighted by Gasteiger charge is -2.15. The maximum absolute atomic E-state index is 13.4. The molecular formula is C22H19F4N5O. The van der Waals surface area contributed by atoms with Crippen LogP contribution < -0.4 is 15.5 Å². The number of nitrogens with one attached hydrogen (secondary N) is 2. The highest BCUT2D eigenvalue weighted by Gasteiger charge is 2.34. The summed E-state index contributed by atoms with van der Waals surface area (Å²) < 4.78 is 51.8. The molecular weight excluding hydrogens is 426 g/mol. The highest BCUT2D eigenvalue weighted by molar-refractivity contribution is 5.99. The molecule has 2 heterocycles. The van der Waals surface area contributed by atoms with Crippen molar-refractivity contribution in [1.29, 1.82) is 0 Å². The van der Waals surface area contributed by atoms with Gasteiger partial charge in [0.25, 0.3) is 0 Å². The van der Waals surface area contributed by atoms with Gasteiger partial charge in [-0.2, -0.15) is 13.2 Å². The molecule has 0 aliphatic carbocycles. The van der Waals surface area contributed by atoms with Crippen molar-refractivity contribution in [3.63, 3.8) is 0 Å². The zero-order chi connectivity index (χ0) is 22.7. The minimum atomic E-state index is -4.86. The average molecular weight is 445 g/mol. The van der Waals surface area contributed by atoms with E-state index >= 15 is 0 Å².